The molecular weight excluding hydrogens is 350 g/mol. The Morgan fingerprint density at radius 2 is 2.00 bits per heavy atom. The van der Waals surface area contributed by atoms with Gasteiger partial charge in [0.2, 0.25) is 0 Å². The van der Waals surface area contributed by atoms with Gasteiger partial charge in [0.15, 0.2) is 0 Å². The molecule has 28 heavy (non-hydrogen) atoms. The average molecular weight is 390 g/mol. The van der Waals surface area contributed by atoms with Gasteiger partial charge in [0.25, 0.3) is 0 Å². The van der Waals surface area contributed by atoms with Gasteiger partial charge in [-0.05, 0) is 98.3 Å². The lowest BCUT2D eigenvalue weighted by molar-refractivity contribution is -0.136. The summed E-state index contributed by atoms with van der Waals surface area (Å²) in [6.45, 7) is 8.25. The van der Waals surface area contributed by atoms with Crippen LogP contribution in [0.3, 0.4) is 0 Å². The average Bonchev–Trinajstić information content (AvgIpc) is 2.99. The van der Waals surface area contributed by atoms with Gasteiger partial charge in [-0.25, -0.2) is 0 Å². The molecule has 0 aromatic carbocycles. The molecule has 4 aliphatic carbocycles. The zero-order chi connectivity index (χ0) is 20.1. The molecule has 0 bridgehead atoms. The highest BCUT2D eigenvalue weighted by molar-refractivity contribution is 5.68. The van der Waals surface area contributed by atoms with Crippen LogP contribution >= 0.6 is 0 Å². The van der Waals surface area contributed by atoms with Crippen LogP contribution in [0, 0.1) is 40.4 Å². The molecule has 158 valence electrons. The van der Waals surface area contributed by atoms with Gasteiger partial charge in [-0.1, -0.05) is 32.4 Å². The smallest absolute Gasteiger partial charge is 0.317 e. The number of carboxylic acid groups (broad SMARTS) is 1. The molecule has 0 heterocycles. The van der Waals surface area contributed by atoms with Gasteiger partial charge < -0.3 is 15.5 Å². The first-order valence-electron chi connectivity index (χ1n) is 11.6. The first-order chi connectivity index (χ1) is 13.3. The molecule has 4 nitrogen and oxygen atoms in total. The SMILES string of the molecule is C[C@H](CNCC(=O)O)[C@H]1CC[C@H]2C3CC=C4C[C@@H](O)CC[C@]4(C)[C@H]3CC[C@]12C. The lowest BCUT2D eigenvalue weighted by Gasteiger charge is -2.58. The first kappa shape index (κ1) is 20.4. The van der Waals surface area contributed by atoms with Gasteiger partial charge >= 0.3 is 5.97 Å². The lowest BCUT2D eigenvalue weighted by Crippen LogP contribution is -2.51. The van der Waals surface area contributed by atoms with Crippen molar-refractivity contribution in [2.24, 2.45) is 40.4 Å². The van der Waals surface area contributed by atoms with E-state index in [0.29, 0.717) is 22.7 Å². The zero-order valence-electron chi connectivity index (χ0n) is 17.9. The molecule has 1 unspecified atom stereocenters. The van der Waals surface area contributed by atoms with Crippen molar-refractivity contribution in [3.05, 3.63) is 11.6 Å². The van der Waals surface area contributed by atoms with Crippen LogP contribution in [0.4, 0.5) is 0 Å². The van der Waals surface area contributed by atoms with Crippen LogP contribution in [0.25, 0.3) is 0 Å². The van der Waals surface area contributed by atoms with Crippen LogP contribution in [-0.4, -0.2) is 35.4 Å². The fraction of sp³-hybridized carbons (Fsp3) is 0.875. The van der Waals surface area contributed by atoms with Crippen LogP contribution < -0.4 is 5.32 Å². The number of hydrogen-bond acceptors (Lipinski definition) is 3. The Labute approximate surface area is 170 Å². The molecule has 0 radical (unpaired) electrons. The second kappa shape index (κ2) is 7.43. The number of aliphatic hydroxyl groups is 1. The highest BCUT2D eigenvalue weighted by Crippen LogP contribution is 2.67. The minimum absolute atomic E-state index is 0.0691. The van der Waals surface area contributed by atoms with Crippen LogP contribution in [-0.2, 0) is 4.79 Å². The molecule has 0 aliphatic heterocycles. The number of carboxylic acids is 1. The van der Waals surface area contributed by atoms with Gasteiger partial charge in [0.1, 0.15) is 0 Å². The van der Waals surface area contributed by atoms with Gasteiger partial charge in [-0.15, -0.1) is 0 Å². The number of fused-ring (bicyclic) bond motifs is 5. The minimum atomic E-state index is -0.765. The maximum absolute atomic E-state index is 10.8. The molecule has 3 fully saturated rings. The van der Waals surface area contributed by atoms with E-state index in [-0.39, 0.29) is 12.6 Å². The van der Waals surface area contributed by atoms with Crippen LogP contribution in [0.5, 0.6) is 0 Å². The summed E-state index contributed by atoms with van der Waals surface area (Å²) < 4.78 is 0. The Bertz CT molecular complexity index is 646. The Hall–Kier alpha value is -0.870. The van der Waals surface area contributed by atoms with Crippen LogP contribution in [0.15, 0.2) is 11.6 Å². The van der Waals surface area contributed by atoms with Gasteiger partial charge in [-0.3, -0.25) is 4.79 Å². The van der Waals surface area contributed by atoms with E-state index in [2.05, 4.69) is 32.2 Å². The normalized spacial score (nSPS) is 46.1. The van der Waals surface area contributed by atoms with Crippen molar-refractivity contribution in [2.45, 2.75) is 78.2 Å². The number of nitrogens with one attached hydrogen (secondary N) is 1. The van der Waals surface area contributed by atoms with E-state index in [1.165, 1.54) is 32.1 Å². The Kier molecular flexibility index (Phi) is 5.41. The Morgan fingerprint density at radius 1 is 1.21 bits per heavy atom. The topological polar surface area (TPSA) is 69.6 Å². The number of rotatable bonds is 5. The summed E-state index contributed by atoms with van der Waals surface area (Å²) in [5.41, 5.74) is 2.27. The number of hydrogen-bond donors (Lipinski definition) is 3. The Morgan fingerprint density at radius 3 is 2.75 bits per heavy atom. The number of carbonyl (C=O) groups is 1. The summed E-state index contributed by atoms with van der Waals surface area (Å²) in [6.07, 6.45) is 11.9. The number of allylic oxidation sites excluding steroid dienone is 1. The van der Waals surface area contributed by atoms with E-state index < -0.39 is 5.97 Å². The molecular formula is C24H39NO3. The van der Waals surface area contributed by atoms with E-state index in [1.807, 2.05) is 0 Å². The molecule has 4 aliphatic rings. The van der Waals surface area contributed by atoms with Crippen molar-refractivity contribution in [2.75, 3.05) is 13.1 Å². The summed E-state index contributed by atoms with van der Waals surface area (Å²) in [7, 11) is 0. The van der Waals surface area contributed by atoms with Crippen molar-refractivity contribution >= 4 is 5.97 Å². The third-order valence-corrected chi connectivity index (χ3v) is 9.58. The van der Waals surface area contributed by atoms with E-state index in [4.69, 9.17) is 5.11 Å². The maximum atomic E-state index is 10.8. The molecule has 0 aromatic heterocycles. The third kappa shape index (κ3) is 3.25. The summed E-state index contributed by atoms with van der Waals surface area (Å²) >= 11 is 0. The second-order valence-electron chi connectivity index (χ2n) is 10.9. The molecule has 3 saturated carbocycles. The van der Waals surface area contributed by atoms with Crippen molar-refractivity contribution in [1.82, 2.24) is 5.32 Å². The first-order valence-corrected chi connectivity index (χ1v) is 11.6. The predicted octanol–water partition coefficient (Wildman–Crippen LogP) is 4.24. The molecule has 4 heteroatoms. The van der Waals surface area contributed by atoms with Gasteiger partial charge in [0, 0.05) is 0 Å². The molecule has 3 N–H and O–H groups in total. The highest BCUT2D eigenvalue weighted by atomic mass is 16.4. The molecule has 4 rings (SSSR count). The number of aliphatic carboxylic acids is 1. The zero-order valence-corrected chi connectivity index (χ0v) is 17.9. The second-order valence-corrected chi connectivity index (χ2v) is 10.9. The molecule has 0 amide bonds. The van der Waals surface area contributed by atoms with Crippen LogP contribution in [0.2, 0.25) is 0 Å². The van der Waals surface area contributed by atoms with E-state index in [9.17, 15) is 9.90 Å². The maximum Gasteiger partial charge on any atom is 0.317 e. The van der Waals surface area contributed by atoms with E-state index in [0.717, 1.165) is 43.6 Å². The fourth-order valence-electron chi connectivity index (χ4n) is 8.17. The summed E-state index contributed by atoms with van der Waals surface area (Å²) in [4.78, 5) is 10.8. The van der Waals surface area contributed by atoms with Crippen molar-refractivity contribution in [3.8, 4) is 0 Å². The Balaban J connectivity index is 1.50. The standard InChI is InChI=1S/C24H39NO3/c1-15(13-25-14-22(27)28)19-6-7-20-18-5-4-16-12-17(26)8-10-23(16,2)21(18)9-11-24(19,20)3/h4,15,17-21,25-26H,5-14H2,1-3H3,(H,27,28)/t15-,17+,18?,19-,20+,21+,23+,24-/m1/s1. The fourth-order valence-corrected chi connectivity index (χ4v) is 8.17. The largest absolute Gasteiger partial charge is 0.480 e. The summed E-state index contributed by atoms with van der Waals surface area (Å²) in [5, 5.41) is 22.2. The summed E-state index contributed by atoms with van der Waals surface area (Å²) in [5.74, 6) is 2.86. The summed E-state index contributed by atoms with van der Waals surface area (Å²) in [6, 6.07) is 0. The van der Waals surface area contributed by atoms with Crippen molar-refractivity contribution in [1.29, 1.82) is 0 Å². The highest BCUT2D eigenvalue weighted by Gasteiger charge is 2.59. The minimum Gasteiger partial charge on any atom is -0.480 e. The molecule has 0 spiro atoms. The predicted molar refractivity (Wildman–Crippen MR) is 111 cm³/mol. The number of aliphatic hydroxyl groups excluding tert-OH is 1. The van der Waals surface area contributed by atoms with Crippen molar-refractivity contribution in [3.63, 3.8) is 0 Å². The molecule has 0 saturated heterocycles. The molecule has 0 aromatic rings. The van der Waals surface area contributed by atoms with Crippen molar-refractivity contribution < 1.29 is 15.0 Å². The van der Waals surface area contributed by atoms with Crippen LogP contribution in [0.1, 0.15) is 72.1 Å². The van der Waals surface area contributed by atoms with Gasteiger partial charge in [0.05, 0.1) is 12.6 Å². The lowest BCUT2D eigenvalue weighted by atomic mass is 9.47. The monoisotopic (exact) mass is 389 g/mol. The molecule has 8 atom stereocenters. The quantitative estimate of drug-likeness (QED) is 0.615. The van der Waals surface area contributed by atoms with Gasteiger partial charge in [-0.2, -0.15) is 0 Å². The van der Waals surface area contributed by atoms with E-state index in [1.54, 1.807) is 5.57 Å². The van der Waals surface area contributed by atoms with E-state index >= 15 is 0 Å². The third-order valence-electron chi connectivity index (χ3n) is 9.58.